The highest BCUT2D eigenvalue weighted by Gasteiger charge is 2.54. The summed E-state index contributed by atoms with van der Waals surface area (Å²) in [5.41, 5.74) is 1.04. The summed E-state index contributed by atoms with van der Waals surface area (Å²) >= 11 is 0. The van der Waals surface area contributed by atoms with Gasteiger partial charge in [-0.25, -0.2) is 4.98 Å². The summed E-state index contributed by atoms with van der Waals surface area (Å²) in [5.74, 6) is 2.59. The van der Waals surface area contributed by atoms with Crippen LogP contribution in [-0.2, 0) is 16.6 Å². The maximum atomic E-state index is 13.0. The van der Waals surface area contributed by atoms with Gasteiger partial charge in [0.1, 0.15) is 0 Å². The average molecular weight is 449 g/mol. The molecule has 1 heterocycles. The molecule has 0 saturated heterocycles. The monoisotopic (exact) mass is 448 g/mol. The molecule has 33 heavy (non-hydrogen) atoms. The lowest BCUT2D eigenvalue weighted by Gasteiger charge is -2.55. The van der Waals surface area contributed by atoms with Crippen molar-refractivity contribution >= 4 is 23.3 Å². The zero-order chi connectivity index (χ0) is 23.0. The Morgan fingerprint density at radius 2 is 1.67 bits per heavy atom. The van der Waals surface area contributed by atoms with E-state index in [1.807, 2.05) is 0 Å². The summed E-state index contributed by atoms with van der Waals surface area (Å²) in [4.78, 5) is 41.9. The van der Waals surface area contributed by atoms with Gasteiger partial charge in [0.15, 0.2) is 5.82 Å². The van der Waals surface area contributed by atoms with Gasteiger partial charge in [-0.15, -0.1) is 0 Å². The second-order valence-corrected chi connectivity index (χ2v) is 10.4. The number of aromatic nitrogens is 2. The molecule has 4 saturated carbocycles. The van der Waals surface area contributed by atoms with Crippen molar-refractivity contribution in [3.63, 3.8) is 0 Å². The van der Waals surface area contributed by atoms with E-state index in [0.29, 0.717) is 36.5 Å². The van der Waals surface area contributed by atoms with Crippen LogP contribution >= 0.6 is 0 Å². The lowest BCUT2D eigenvalue weighted by molar-refractivity contribution is -0.146. The molecule has 7 heteroatoms. The minimum absolute atomic E-state index is 0.0952. The molecule has 4 aliphatic rings. The Hall–Kier alpha value is -2.96. The van der Waals surface area contributed by atoms with Crippen LogP contribution in [0.4, 0.5) is 5.69 Å². The number of aryl methyl sites for hydroxylation is 1. The lowest BCUT2D eigenvalue weighted by atomic mass is 9.49. The van der Waals surface area contributed by atoms with Gasteiger partial charge >= 0.3 is 0 Å². The number of amides is 2. The standard InChI is InChI=1S/C26H32N4O3/c1-30-10-9-27-24(30)23(32)20-4-6-21(7-5-20)29-22(31)3-2-8-28-25(33)26-14-17-11-18(15-26)13-19(12-17)16-26/h4-7,9-10,17-19H,2-3,8,11-16H2,1H3,(H,28,33)(H,29,31). The van der Waals surface area contributed by atoms with Crippen LogP contribution in [-0.4, -0.2) is 33.7 Å². The summed E-state index contributed by atoms with van der Waals surface area (Å²) in [7, 11) is 1.78. The van der Waals surface area contributed by atoms with Gasteiger partial charge in [-0.3, -0.25) is 14.4 Å². The molecule has 4 aliphatic carbocycles. The van der Waals surface area contributed by atoms with Gasteiger partial charge in [0.2, 0.25) is 17.6 Å². The number of hydrogen-bond acceptors (Lipinski definition) is 4. The van der Waals surface area contributed by atoms with Gasteiger partial charge in [-0.1, -0.05) is 0 Å². The third-order valence-corrected chi connectivity index (χ3v) is 7.84. The predicted octanol–water partition coefficient (Wildman–Crippen LogP) is 3.70. The molecule has 0 atom stereocenters. The normalized spacial score (nSPS) is 27.4. The first-order valence-corrected chi connectivity index (χ1v) is 12.1. The molecule has 4 fully saturated rings. The van der Waals surface area contributed by atoms with Crippen LogP contribution in [0.1, 0.15) is 67.5 Å². The van der Waals surface area contributed by atoms with Crippen LogP contribution in [0.15, 0.2) is 36.7 Å². The van der Waals surface area contributed by atoms with Crippen LogP contribution in [0.25, 0.3) is 0 Å². The van der Waals surface area contributed by atoms with E-state index in [1.54, 1.807) is 48.3 Å². The van der Waals surface area contributed by atoms with Crippen molar-refractivity contribution < 1.29 is 14.4 Å². The molecule has 0 unspecified atom stereocenters. The van der Waals surface area contributed by atoms with E-state index in [1.165, 1.54) is 19.3 Å². The molecule has 174 valence electrons. The Kier molecular flexibility index (Phi) is 5.81. The molecular weight excluding hydrogens is 416 g/mol. The van der Waals surface area contributed by atoms with E-state index in [-0.39, 0.29) is 23.0 Å². The number of nitrogens with zero attached hydrogens (tertiary/aromatic N) is 2. The molecule has 4 bridgehead atoms. The maximum Gasteiger partial charge on any atom is 0.228 e. The molecule has 2 aromatic rings. The maximum absolute atomic E-state index is 13.0. The third kappa shape index (κ3) is 4.45. The van der Waals surface area contributed by atoms with Crippen molar-refractivity contribution in [2.75, 3.05) is 11.9 Å². The van der Waals surface area contributed by atoms with Crippen LogP contribution in [0, 0.1) is 23.2 Å². The van der Waals surface area contributed by atoms with Crippen molar-refractivity contribution in [1.29, 1.82) is 0 Å². The van der Waals surface area contributed by atoms with E-state index in [0.717, 1.165) is 37.0 Å². The Balaban J connectivity index is 1.06. The third-order valence-electron chi connectivity index (χ3n) is 7.84. The number of ketones is 1. The minimum atomic E-state index is -0.157. The molecule has 1 aromatic carbocycles. The second kappa shape index (κ2) is 8.76. The Morgan fingerprint density at radius 3 is 2.24 bits per heavy atom. The fraction of sp³-hybridized carbons (Fsp3) is 0.538. The Bertz CT molecular complexity index is 1020. The zero-order valence-corrected chi connectivity index (χ0v) is 19.2. The number of imidazole rings is 1. The highest BCUT2D eigenvalue weighted by Crippen LogP contribution is 2.60. The number of carbonyl (C=O) groups is 3. The molecule has 0 radical (unpaired) electrons. The van der Waals surface area contributed by atoms with Crippen LogP contribution < -0.4 is 10.6 Å². The van der Waals surface area contributed by atoms with Crippen molar-refractivity contribution in [3.05, 3.63) is 48.0 Å². The molecular formula is C26H32N4O3. The van der Waals surface area contributed by atoms with E-state index in [4.69, 9.17) is 0 Å². The molecule has 2 amide bonds. The Labute approximate surface area is 194 Å². The van der Waals surface area contributed by atoms with Gasteiger partial charge in [-0.05, 0) is 87.0 Å². The van der Waals surface area contributed by atoms with E-state index in [9.17, 15) is 14.4 Å². The number of rotatable bonds is 8. The molecule has 0 spiro atoms. The molecule has 2 N–H and O–H groups in total. The van der Waals surface area contributed by atoms with Crippen molar-refractivity contribution in [2.45, 2.75) is 51.4 Å². The van der Waals surface area contributed by atoms with Crippen molar-refractivity contribution in [3.8, 4) is 0 Å². The van der Waals surface area contributed by atoms with Crippen molar-refractivity contribution in [1.82, 2.24) is 14.9 Å². The Morgan fingerprint density at radius 1 is 1.03 bits per heavy atom. The summed E-state index contributed by atoms with van der Waals surface area (Å²) in [5, 5.41) is 6.00. The predicted molar refractivity (Wildman–Crippen MR) is 125 cm³/mol. The van der Waals surface area contributed by atoms with Gasteiger partial charge in [0.25, 0.3) is 0 Å². The minimum Gasteiger partial charge on any atom is -0.356 e. The fourth-order valence-corrected chi connectivity index (χ4v) is 6.67. The molecule has 6 rings (SSSR count). The van der Waals surface area contributed by atoms with E-state index >= 15 is 0 Å². The van der Waals surface area contributed by atoms with Crippen molar-refractivity contribution in [2.24, 2.45) is 30.2 Å². The largest absolute Gasteiger partial charge is 0.356 e. The zero-order valence-electron chi connectivity index (χ0n) is 19.2. The topological polar surface area (TPSA) is 93.1 Å². The highest BCUT2D eigenvalue weighted by molar-refractivity contribution is 6.07. The highest BCUT2D eigenvalue weighted by atomic mass is 16.2. The number of nitrogens with one attached hydrogen (secondary N) is 2. The number of anilines is 1. The quantitative estimate of drug-likeness (QED) is 0.476. The number of hydrogen-bond donors (Lipinski definition) is 2. The van der Waals surface area contributed by atoms with Gasteiger partial charge in [0, 0.05) is 49.1 Å². The first kappa shape index (κ1) is 21.9. The van der Waals surface area contributed by atoms with Gasteiger partial charge < -0.3 is 15.2 Å². The smallest absolute Gasteiger partial charge is 0.228 e. The van der Waals surface area contributed by atoms with Crippen LogP contribution in [0.3, 0.4) is 0 Å². The summed E-state index contributed by atoms with van der Waals surface area (Å²) < 4.78 is 1.68. The summed E-state index contributed by atoms with van der Waals surface area (Å²) in [6.07, 6.45) is 11.4. The molecule has 7 nitrogen and oxygen atoms in total. The fourth-order valence-electron chi connectivity index (χ4n) is 6.67. The van der Waals surface area contributed by atoms with Gasteiger partial charge in [-0.2, -0.15) is 0 Å². The first-order chi connectivity index (χ1) is 15.9. The van der Waals surface area contributed by atoms with Crippen LogP contribution in [0.5, 0.6) is 0 Å². The van der Waals surface area contributed by atoms with E-state index < -0.39 is 0 Å². The summed E-state index contributed by atoms with van der Waals surface area (Å²) in [6, 6.07) is 6.84. The average Bonchev–Trinajstić information content (AvgIpc) is 3.21. The SMILES string of the molecule is Cn1ccnc1C(=O)c1ccc(NC(=O)CCCNC(=O)C23CC4CC(CC(C4)C2)C3)cc1. The molecule has 0 aliphatic heterocycles. The first-order valence-electron chi connectivity index (χ1n) is 12.1. The van der Waals surface area contributed by atoms with Crippen LogP contribution in [0.2, 0.25) is 0 Å². The lowest BCUT2D eigenvalue weighted by Crippen LogP contribution is -2.53. The number of benzene rings is 1. The van der Waals surface area contributed by atoms with E-state index in [2.05, 4.69) is 15.6 Å². The number of carbonyl (C=O) groups excluding carboxylic acids is 3. The molecule has 1 aromatic heterocycles. The second-order valence-electron chi connectivity index (χ2n) is 10.4. The van der Waals surface area contributed by atoms with Gasteiger partial charge in [0.05, 0.1) is 0 Å². The summed E-state index contributed by atoms with van der Waals surface area (Å²) in [6.45, 7) is 0.533.